The van der Waals surface area contributed by atoms with E-state index < -0.39 is 5.82 Å². The van der Waals surface area contributed by atoms with Crippen molar-refractivity contribution in [3.63, 3.8) is 0 Å². The second kappa shape index (κ2) is 12.3. The molecular weight excluding hydrogens is 519 g/mol. The highest BCUT2D eigenvalue weighted by molar-refractivity contribution is 5.99. The summed E-state index contributed by atoms with van der Waals surface area (Å²) < 4.78 is 21.4. The number of pyridine rings is 1. The standard InChI is InChI=1S/C33H43FN4O3/c1-21(2)36(4)32(39)28-15-27(34)10-11-29(28)38-20-26(31-22(3)16-35-17-30(31)38)14-24-12-13-37(19-24)18-23-6-8-25(9-7-23)33(40)41-5/h10-11,15-17,20-21,23-25H,6-9,12-14,18-19H2,1-5H3. The molecule has 220 valence electrons. The predicted molar refractivity (Wildman–Crippen MR) is 159 cm³/mol. The Morgan fingerprint density at radius 2 is 1.88 bits per heavy atom. The average Bonchev–Trinajstić information content (AvgIpc) is 3.57. The van der Waals surface area contributed by atoms with E-state index in [1.54, 1.807) is 18.0 Å². The van der Waals surface area contributed by atoms with Crippen molar-refractivity contribution in [3.8, 4) is 5.69 Å². The lowest BCUT2D eigenvalue weighted by molar-refractivity contribution is -0.146. The van der Waals surface area contributed by atoms with E-state index in [1.165, 1.54) is 30.2 Å². The number of ether oxygens (including phenoxy) is 1. The zero-order valence-corrected chi connectivity index (χ0v) is 25.0. The molecule has 2 aliphatic rings. The van der Waals surface area contributed by atoms with Crippen molar-refractivity contribution in [1.29, 1.82) is 0 Å². The summed E-state index contributed by atoms with van der Waals surface area (Å²) in [5.41, 5.74) is 4.29. The van der Waals surface area contributed by atoms with Crippen LogP contribution in [-0.2, 0) is 16.0 Å². The van der Waals surface area contributed by atoms with Gasteiger partial charge in [-0.05, 0) is 107 Å². The number of rotatable bonds is 8. The fourth-order valence-corrected chi connectivity index (χ4v) is 6.78. The first-order valence-corrected chi connectivity index (χ1v) is 15.0. The molecule has 1 aliphatic heterocycles. The number of nitrogens with zero attached hydrogens (tertiary/aromatic N) is 4. The van der Waals surface area contributed by atoms with Gasteiger partial charge in [-0.3, -0.25) is 14.6 Å². The smallest absolute Gasteiger partial charge is 0.308 e. The van der Waals surface area contributed by atoms with Crippen molar-refractivity contribution in [2.45, 2.75) is 65.3 Å². The number of halogens is 1. The molecule has 5 rings (SSSR count). The zero-order valence-electron chi connectivity index (χ0n) is 25.0. The lowest BCUT2D eigenvalue weighted by atomic mass is 9.82. The molecule has 3 aromatic rings. The first kappa shape index (κ1) is 29.2. The fourth-order valence-electron chi connectivity index (χ4n) is 6.78. The molecule has 8 heteroatoms. The van der Waals surface area contributed by atoms with Crippen molar-refractivity contribution in [2.75, 3.05) is 33.8 Å². The maximum Gasteiger partial charge on any atom is 0.308 e. The number of carbonyl (C=O) groups excluding carboxylic acids is 2. The van der Waals surface area contributed by atoms with E-state index in [0.29, 0.717) is 23.1 Å². The SMILES string of the molecule is COC(=O)C1CCC(CN2CCC(Cc3cn(-c4ccc(F)cc4C(=O)N(C)C(C)C)c4cncc(C)c34)C2)CC1. The molecule has 2 aromatic heterocycles. The molecule has 41 heavy (non-hydrogen) atoms. The Hall–Kier alpha value is -3.26. The Bertz CT molecular complexity index is 1410. The Morgan fingerprint density at radius 3 is 2.59 bits per heavy atom. The third-order valence-corrected chi connectivity index (χ3v) is 9.30. The number of amides is 1. The Balaban J connectivity index is 1.35. The molecule has 1 aliphatic carbocycles. The summed E-state index contributed by atoms with van der Waals surface area (Å²) in [4.78, 5) is 34.0. The van der Waals surface area contributed by atoms with Crippen LogP contribution in [0.4, 0.5) is 4.39 Å². The quantitative estimate of drug-likeness (QED) is 0.325. The molecule has 0 spiro atoms. The summed E-state index contributed by atoms with van der Waals surface area (Å²) in [6.45, 7) is 9.24. The van der Waals surface area contributed by atoms with Crippen molar-refractivity contribution >= 4 is 22.8 Å². The predicted octanol–water partition coefficient (Wildman–Crippen LogP) is 5.80. The van der Waals surface area contributed by atoms with E-state index in [9.17, 15) is 14.0 Å². The van der Waals surface area contributed by atoms with Crippen LogP contribution in [0.15, 0.2) is 36.8 Å². The van der Waals surface area contributed by atoms with Crippen LogP contribution >= 0.6 is 0 Å². The van der Waals surface area contributed by atoms with Crippen molar-refractivity contribution in [1.82, 2.24) is 19.4 Å². The third kappa shape index (κ3) is 6.17. The maximum atomic E-state index is 14.4. The summed E-state index contributed by atoms with van der Waals surface area (Å²) in [6, 6.07) is 4.46. The number of aryl methyl sites for hydroxylation is 1. The lowest BCUT2D eigenvalue weighted by Gasteiger charge is -2.30. The molecule has 1 unspecified atom stereocenters. The van der Waals surface area contributed by atoms with E-state index >= 15 is 0 Å². The molecule has 0 bridgehead atoms. The summed E-state index contributed by atoms with van der Waals surface area (Å²) in [5, 5.41) is 1.17. The van der Waals surface area contributed by atoms with Crippen molar-refractivity contribution < 1.29 is 18.7 Å². The second-order valence-electron chi connectivity index (χ2n) is 12.4. The summed E-state index contributed by atoms with van der Waals surface area (Å²) >= 11 is 0. The first-order chi connectivity index (χ1) is 19.7. The first-order valence-electron chi connectivity index (χ1n) is 15.0. The number of benzene rings is 1. The molecule has 7 nitrogen and oxygen atoms in total. The molecule has 3 heterocycles. The summed E-state index contributed by atoms with van der Waals surface area (Å²) in [6.07, 6.45) is 12.0. The minimum atomic E-state index is -0.426. The van der Waals surface area contributed by atoms with Gasteiger partial charge in [-0.15, -0.1) is 0 Å². The highest BCUT2D eigenvalue weighted by atomic mass is 19.1. The molecule has 1 atom stereocenters. The fraction of sp³-hybridized carbons (Fsp3) is 0.545. The van der Waals surface area contributed by atoms with Gasteiger partial charge in [0, 0.05) is 44.0 Å². The highest BCUT2D eigenvalue weighted by Crippen LogP contribution is 2.34. The molecule has 2 fully saturated rings. The van der Waals surface area contributed by atoms with Gasteiger partial charge in [0.05, 0.1) is 36.0 Å². The molecule has 0 N–H and O–H groups in total. The van der Waals surface area contributed by atoms with Gasteiger partial charge in [0.2, 0.25) is 0 Å². The number of methoxy groups -OCH3 is 1. The molecule has 1 saturated carbocycles. The van der Waals surface area contributed by atoms with E-state index in [0.717, 1.165) is 69.2 Å². The third-order valence-electron chi connectivity index (χ3n) is 9.30. The lowest BCUT2D eigenvalue weighted by Crippen LogP contribution is -2.33. The summed E-state index contributed by atoms with van der Waals surface area (Å²) in [5.74, 6) is 0.562. The van der Waals surface area contributed by atoms with E-state index in [-0.39, 0.29) is 23.8 Å². The number of hydrogen-bond acceptors (Lipinski definition) is 5. The molecule has 1 aromatic carbocycles. The van der Waals surface area contributed by atoms with Gasteiger partial charge in [0.1, 0.15) is 5.82 Å². The van der Waals surface area contributed by atoms with E-state index in [2.05, 4.69) is 23.0 Å². The van der Waals surface area contributed by atoms with Crippen LogP contribution in [0, 0.1) is 30.5 Å². The van der Waals surface area contributed by atoms with Gasteiger partial charge in [0.25, 0.3) is 5.91 Å². The van der Waals surface area contributed by atoms with Crippen LogP contribution in [0.3, 0.4) is 0 Å². The number of fused-ring (bicyclic) bond motifs is 1. The van der Waals surface area contributed by atoms with Gasteiger partial charge >= 0.3 is 5.97 Å². The highest BCUT2D eigenvalue weighted by Gasteiger charge is 2.31. The number of esters is 1. The molecule has 1 saturated heterocycles. The van der Waals surface area contributed by atoms with Crippen LogP contribution in [0.1, 0.15) is 67.4 Å². The second-order valence-corrected chi connectivity index (χ2v) is 12.4. The molecular formula is C33H43FN4O3. The molecule has 1 amide bonds. The van der Waals surface area contributed by atoms with Gasteiger partial charge < -0.3 is 19.1 Å². The largest absolute Gasteiger partial charge is 0.469 e. The van der Waals surface area contributed by atoms with Crippen molar-refractivity contribution in [3.05, 3.63) is 59.3 Å². The number of carbonyl (C=O) groups is 2. The van der Waals surface area contributed by atoms with Crippen LogP contribution < -0.4 is 0 Å². The normalized spacial score (nSPS) is 21.5. The zero-order chi connectivity index (χ0) is 29.3. The van der Waals surface area contributed by atoms with Crippen molar-refractivity contribution in [2.24, 2.45) is 17.8 Å². The van der Waals surface area contributed by atoms with Gasteiger partial charge in [-0.1, -0.05) is 0 Å². The minimum Gasteiger partial charge on any atom is -0.469 e. The maximum absolute atomic E-state index is 14.4. The Morgan fingerprint density at radius 1 is 1.12 bits per heavy atom. The monoisotopic (exact) mass is 562 g/mol. The topological polar surface area (TPSA) is 67.7 Å². The van der Waals surface area contributed by atoms with Crippen LogP contribution in [0.25, 0.3) is 16.6 Å². The van der Waals surface area contributed by atoms with Gasteiger partial charge in [-0.25, -0.2) is 4.39 Å². The van der Waals surface area contributed by atoms with Gasteiger partial charge in [-0.2, -0.15) is 0 Å². The number of likely N-dealkylation sites (tertiary alicyclic amines) is 1. The Kier molecular flexibility index (Phi) is 8.78. The van der Waals surface area contributed by atoms with Crippen LogP contribution in [-0.4, -0.2) is 71.1 Å². The van der Waals surface area contributed by atoms with E-state index in [4.69, 9.17) is 4.74 Å². The molecule has 0 radical (unpaired) electrons. The van der Waals surface area contributed by atoms with Crippen LogP contribution in [0.5, 0.6) is 0 Å². The average molecular weight is 563 g/mol. The number of hydrogen-bond donors (Lipinski definition) is 0. The number of aromatic nitrogens is 2. The van der Waals surface area contributed by atoms with Gasteiger partial charge in [0.15, 0.2) is 0 Å². The van der Waals surface area contributed by atoms with E-state index in [1.807, 2.05) is 30.8 Å². The minimum absolute atomic E-state index is 0.00676. The summed E-state index contributed by atoms with van der Waals surface area (Å²) in [7, 11) is 3.24. The van der Waals surface area contributed by atoms with Crippen LogP contribution in [0.2, 0.25) is 0 Å². The Labute approximate surface area is 242 Å².